The topological polar surface area (TPSA) is 40.7 Å². The molecule has 0 aliphatic rings. The first-order chi connectivity index (χ1) is 9.81. The maximum atomic E-state index is 5.87. The van der Waals surface area contributed by atoms with Gasteiger partial charge in [-0.25, -0.2) is 4.98 Å². The zero-order valence-electron chi connectivity index (χ0n) is 10.8. The quantitative estimate of drug-likeness (QED) is 0.748. The van der Waals surface area contributed by atoms with Crippen LogP contribution in [0.3, 0.4) is 0 Å². The lowest BCUT2D eigenvalue weighted by Gasteiger charge is -2.07. The molecule has 0 bridgehead atoms. The fraction of sp³-hybridized carbons (Fsp3) is 0.0625. The average Bonchev–Trinajstić information content (AvgIpc) is 3.01. The molecule has 20 heavy (non-hydrogen) atoms. The summed E-state index contributed by atoms with van der Waals surface area (Å²) >= 11 is 5.87. The van der Waals surface area contributed by atoms with E-state index in [9.17, 15) is 0 Å². The molecule has 0 saturated heterocycles. The van der Waals surface area contributed by atoms with Crippen LogP contribution in [0.5, 0.6) is 0 Å². The van der Waals surface area contributed by atoms with Crippen molar-refractivity contribution >= 4 is 17.3 Å². The molecule has 0 spiro atoms. The number of nitrogens with one attached hydrogen (secondary N) is 2. The zero-order valence-corrected chi connectivity index (χ0v) is 11.6. The Kier molecular flexibility index (Phi) is 3.70. The Balaban J connectivity index is 1.65. The van der Waals surface area contributed by atoms with Gasteiger partial charge in [-0.05, 0) is 35.4 Å². The first-order valence-corrected chi connectivity index (χ1v) is 6.76. The van der Waals surface area contributed by atoms with Crippen LogP contribution in [0.25, 0.3) is 11.3 Å². The Morgan fingerprint density at radius 2 is 1.75 bits per heavy atom. The van der Waals surface area contributed by atoms with Crippen LogP contribution in [0.2, 0.25) is 5.02 Å². The lowest BCUT2D eigenvalue weighted by molar-refractivity contribution is 1.15. The molecule has 0 radical (unpaired) electrons. The van der Waals surface area contributed by atoms with Gasteiger partial charge in [-0.1, -0.05) is 35.9 Å². The van der Waals surface area contributed by atoms with Crippen molar-refractivity contribution in [2.45, 2.75) is 6.54 Å². The molecule has 0 aliphatic heterocycles. The van der Waals surface area contributed by atoms with Crippen molar-refractivity contribution in [1.29, 1.82) is 0 Å². The highest BCUT2D eigenvalue weighted by Crippen LogP contribution is 2.19. The van der Waals surface area contributed by atoms with Gasteiger partial charge in [0.15, 0.2) is 0 Å². The first-order valence-electron chi connectivity index (χ1n) is 6.38. The van der Waals surface area contributed by atoms with Gasteiger partial charge in [-0.15, -0.1) is 0 Å². The fourth-order valence-corrected chi connectivity index (χ4v) is 2.11. The van der Waals surface area contributed by atoms with Crippen LogP contribution in [0.15, 0.2) is 61.1 Å². The van der Waals surface area contributed by atoms with E-state index in [4.69, 9.17) is 11.6 Å². The second-order valence-corrected chi connectivity index (χ2v) is 4.96. The molecule has 3 aromatic rings. The summed E-state index contributed by atoms with van der Waals surface area (Å²) in [6, 6.07) is 16.1. The van der Waals surface area contributed by atoms with Crippen molar-refractivity contribution in [3.63, 3.8) is 0 Å². The van der Waals surface area contributed by atoms with E-state index in [1.54, 1.807) is 6.33 Å². The maximum Gasteiger partial charge on any atom is 0.0924 e. The van der Waals surface area contributed by atoms with Gasteiger partial charge in [0, 0.05) is 17.3 Å². The number of rotatable bonds is 4. The van der Waals surface area contributed by atoms with Crippen LogP contribution < -0.4 is 5.32 Å². The minimum Gasteiger partial charge on any atom is -0.381 e. The van der Waals surface area contributed by atoms with Crippen LogP contribution in [0.4, 0.5) is 5.69 Å². The number of hydrogen-bond donors (Lipinski definition) is 2. The minimum absolute atomic E-state index is 0.762. The lowest BCUT2D eigenvalue weighted by Crippen LogP contribution is -1.98. The maximum absolute atomic E-state index is 5.87. The molecule has 0 saturated carbocycles. The highest BCUT2D eigenvalue weighted by molar-refractivity contribution is 6.30. The van der Waals surface area contributed by atoms with Gasteiger partial charge in [0.2, 0.25) is 0 Å². The molecule has 1 aromatic heterocycles. The normalized spacial score (nSPS) is 10.4. The van der Waals surface area contributed by atoms with Crippen LogP contribution in [0.1, 0.15) is 5.56 Å². The van der Waals surface area contributed by atoms with E-state index in [1.807, 2.05) is 30.5 Å². The standard InChI is InChI=1S/C16H14ClN3/c17-14-5-1-12(2-6-14)9-19-15-7-3-13(4-8-15)16-10-18-11-20-16/h1-8,10-11,19H,9H2,(H,18,20). The third-order valence-electron chi connectivity index (χ3n) is 3.10. The van der Waals surface area contributed by atoms with Gasteiger partial charge in [-0.2, -0.15) is 0 Å². The number of anilines is 1. The Morgan fingerprint density at radius 3 is 2.40 bits per heavy atom. The van der Waals surface area contributed by atoms with Crippen molar-refractivity contribution in [1.82, 2.24) is 9.97 Å². The van der Waals surface area contributed by atoms with Gasteiger partial charge in [0.25, 0.3) is 0 Å². The molecular weight excluding hydrogens is 270 g/mol. The molecule has 2 N–H and O–H groups in total. The van der Waals surface area contributed by atoms with E-state index in [0.29, 0.717) is 0 Å². The third-order valence-corrected chi connectivity index (χ3v) is 3.36. The van der Waals surface area contributed by atoms with E-state index in [2.05, 4.69) is 39.6 Å². The predicted octanol–water partition coefficient (Wildman–Crippen LogP) is 4.34. The average molecular weight is 284 g/mol. The second kappa shape index (κ2) is 5.80. The van der Waals surface area contributed by atoms with Gasteiger partial charge >= 0.3 is 0 Å². The Morgan fingerprint density at radius 1 is 1.00 bits per heavy atom. The fourth-order valence-electron chi connectivity index (χ4n) is 1.99. The predicted molar refractivity (Wildman–Crippen MR) is 82.8 cm³/mol. The highest BCUT2D eigenvalue weighted by Gasteiger charge is 1.99. The van der Waals surface area contributed by atoms with Crippen molar-refractivity contribution in [2.75, 3.05) is 5.32 Å². The van der Waals surface area contributed by atoms with Crippen LogP contribution in [-0.2, 0) is 6.54 Å². The van der Waals surface area contributed by atoms with E-state index in [-0.39, 0.29) is 0 Å². The van der Waals surface area contributed by atoms with E-state index in [0.717, 1.165) is 28.5 Å². The van der Waals surface area contributed by atoms with Gasteiger partial charge in [0.05, 0.1) is 18.2 Å². The largest absolute Gasteiger partial charge is 0.381 e. The summed E-state index contributed by atoms with van der Waals surface area (Å²) < 4.78 is 0. The molecule has 0 atom stereocenters. The number of halogens is 1. The zero-order chi connectivity index (χ0) is 13.8. The van der Waals surface area contributed by atoms with Gasteiger partial charge in [0.1, 0.15) is 0 Å². The van der Waals surface area contributed by atoms with Crippen molar-refractivity contribution in [2.24, 2.45) is 0 Å². The summed E-state index contributed by atoms with van der Waals surface area (Å²) in [7, 11) is 0. The van der Waals surface area contributed by atoms with Crippen molar-refractivity contribution in [3.05, 3.63) is 71.6 Å². The Hall–Kier alpha value is -2.26. The highest BCUT2D eigenvalue weighted by atomic mass is 35.5. The van der Waals surface area contributed by atoms with Crippen LogP contribution >= 0.6 is 11.6 Å². The molecule has 4 heteroatoms. The first kappa shape index (κ1) is 12.8. The van der Waals surface area contributed by atoms with Crippen LogP contribution in [0, 0.1) is 0 Å². The molecule has 0 unspecified atom stereocenters. The number of nitrogens with zero attached hydrogens (tertiary/aromatic N) is 1. The van der Waals surface area contributed by atoms with Gasteiger partial charge < -0.3 is 10.3 Å². The van der Waals surface area contributed by atoms with Crippen molar-refractivity contribution < 1.29 is 0 Å². The third kappa shape index (κ3) is 3.00. The van der Waals surface area contributed by atoms with E-state index in [1.165, 1.54) is 5.56 Å². The molecule has 2 aromatic carbocycles. The summed E-state index contributed by atoms with van der Waals surface area (Å²) in [5.74, 6) is 0. The number of hydrogen-bond acceptors (Lipinski definition) is 2. The smallest absolute Gasteiger partial charge is 0.0924 e. The summed E-state index contributed by atoms with van der Waals surface area (Å²) in [4.78, 5) is 7.11. The summed E-state index contributed by atoms with van der Waals surface area (Å²) in [5.41, 5.74) is 4.43. The SMILES string of the molecule is Clc1ccc(CNc2ccc(-c3cnc[nH]3)cc2)cc1. The van der Waals surface area contributed by atoms with Gasteiger partial charge in [-0.3, -0.25) is 0 Å². The van der Waals surface area contributed by atoms with Crippen LogP contribution in [-0.4, -0.2) is 9.97 Å². The number of H-pyrrole nitrogens is 1. The molecular formula is C16H14ClN3. The summed E-state index contributed by atoms with van der Waals surface area (Å²) in [5, 5.41) is 4.15. The molecule has 0 aliphatic carbocycles. The Labute approximate surface area is 122 Å². The molecule has 0 amide bonds. The lowest BCUT2D eigenvalue weighted by atomic mass is 10.1. The minimum atomic E-state index is 0.762. The number of aromatic amines is 1. The second-order valence-electron chi connectivity index (χ2n) is 4.52. The van der Waals surface area contributed by atoms with Crippen molar-refractivity contribution in [3.8, 4) is 11.3 Å². The summed E-state index contributed by atoms with van der Waals surface area (Å²) in [6.45, 7) is 0.778. The number of aromatic nitrogens is 2. The molecule has 0 fully saturated rings. The molecule has 100 valence electrons. The van der Waals surface area contributed by atoms with E-state index >= 15 is 0 Å². The molecule has 3 rings (SSSR count). The summed E-state index contributed by atoms with van der Waals surface area (Å²) in [6.07, 6.45) is 3.50. The number of imidazole rings is 1. The Bertz CT molecular complexity index is 658. The number of benzene rings is 2. The molecule has 3 nitrogen and oxygen atoms in total. The van der Waals surface area contributed by atoms with E-state index < -0.39 is 0 Å². The monoisotopic (exact) mass is 283 g/mol. The molecule has 1 heterocycles.